The molecule has 0 bridgehead atoms. The van der Waals surface area contributed by atoms with E-state index in [1.165, 1.54) is 0 Å². The Morgan fingerprint density at radius 1 is 0.941 bits per heavy atom. The first-order valence-electron chi connectivity index (χ1n) is 5.08. The fourth-order valence-corrected chi connectivity index (χ4v) is 1.25. The van der Waals surface area contributed by atoms with Gasteiger partial charge in [0.25, 0.3) is 6.08 Å². The van der Waals surface area contributed by atoms with Crippen LogP contribution in [0, 0.1) is 11.3 Å². The van der Waals surface area contributed by atoms with E-state index in [2.05, 4.69) is 0 Å². The Bertz CT molecular complexity index is 310. The lowest BCUT2D eigenvalue weighted by molar-refractivity contribution is -0.270. The molecule has 0 aromatic heterocycles. The second-order valence-corrected chi connectivity index (χ2v) is 4.86. The van der Waals surface area contributed by atoms with Crippen molar-refractivity contribution >= 4 is 0 Å². The average molecular weight is 262 g/mol. The summed E-state index contributed by atoms with van der Waals surface area (Å²) < 4.78 is 79.0. The van der Waals surface area contributed by atoms with Crippen LogP contribution in [0.4, 0.5) is 26.3 Å². The Balaban J connectivity index is 5.70. The van der Waals surface area contributed by atoms with Crippen molar-refractivity contribution in [2.45, 2.75) is 46.5 Å². The number of halogens is 6. The molecule has 0 atom stereocenters. The summed E-state index contributed by atoms with van der Waals surface area (Å²) in [5, 5.41) is 0. The molecule has 0 saturated carbocycles. The highest BCUT2D eigenvalue weighted by atomic mass is 19.3. The zero-order valence-corrected chi connectivity index (χ0v) is 10.3. The number of hydrogen-bond donors (Lipinski definition) is 0. The Labute approximate surface area is 96.7 Å². The van der Waals surface area contributed by atoms with Crippen LogP contribution >= 0.6 is 0 Å². The Morgan fingerprint density at radius 3 is 1.53 bits per heavy atom. The largest absolute Gasteiger partial charge is 0.319 e. The van der Waals surface area contributed by atoms with Crippen molar-refractivity contribution in [1.82, 2.24) is 0 Å². The molecule has 0 aliphatic carbocycles. The molecular weight excluding hydrogens is 246 g/mol. The van der Waals surface area contributed by atoms with Crippen molar-refractivity contribution in [3.05, 3.63) is 11.7 Å². The minimum atomic E-state index is -4.55. The standard InChI is InChI=1S/C11H16F6/c1-6(2)10(14,15)11(16,17)9(4,5)7(3)8(12)13/h6H,1-5H3. The van der Waals surface area contributed by atoms with Gasteiger partial charge in [-0.25, -0.2) is 0 Å². The zero-order valence-electron chi connectivity index (χ0n) is 10.3. The first kappa shape index (κ1) is 16.3. The van der Waals surface area contributed by atoms with Gasteiger partial charge in [-0.05, 0) is 20.8 Å². The van der Waals surface area contributed by atoms with E-state index >= 15 is 0 Å². The third-order valence-electron chi connectivity index (χ3n) is 3.15. The molecule has 0 amide bonds. The van der Waals surface area contributed by atoms with Crippen LogP contribution in [0.5, 0.6) is 0 Å². The molecule has 0 nitrogen and oxygen atoms in total. The van der Waals surface area contributed by atoms with Crippen molar-refractivity contribution in [3.8, 4) is 0 Å². The van der Waals surface area contributed by atoms with Gasteiger partial charge in [-0.1, -0.05) is 13.8 Å². The van der Waals surface area contributed by atoms with E-state index in [0.717, 1.165) is 20.8 Å². The van der Waals surface area contributed by atoms with Crippen molar-refractivity contribution in [2.75, 3.05) is 0 Å². The molecule has 6 heteroatoms. The highest BCUT2D eigenvalue weighted by Crippen LogP contribution is 2.54. The molecule has 0 unspecified atom stereocenters. The number of alkyl halides is 4. The summed E-state index contributed by atoms with van der Waals surface area (Å²) in [4.78, 5) is 0. The summed E-state index contributed by atoms with van der Waals surface area (Å²) in [6.45, 7) is 3.97. The Hall–Kier alpha value is -0.680. The molecule has 0 aromatic carbocycles. The second kappa shape index (κ2) is 4.53. The fourth-order valence-electron chi connectivity index (χ4n) is 1.25. The summed E-state index contributed by atoms with van der Waals surface area (Å²) >= 11 is 0. The third kappa shape index (κ3) is 2.45. The first-order valence-corrected chi connectivity index (χ1v) is 5.08. The molecule has 0 heterocycles. The minimum absolute atomic E-state index is 0.692. The van der Waals surface area contributed by atoms with Crippen LogP contribution in [-0.4, -0.2) is 11.8 Å². The van der Waals surface area contributed by atoms with Crippen molar-refractivity contribution in [3.63, 3.8) is 0 Å². The normalized spacial score (nSPS) is 14.1. The van der Waals surface area contributed by atoms with E-state index in [9.17, 15) is 26.3 Å². The number of rotatable bonds is 4. The predicted molar refractivity (Wildman–Crippen MR) is 53.4 cm³/mol. The van der Waals surface area contributed by atoms with Gasteiger partial charge < -0.3 is 0 Å². The lowest BCUT2D eigenvalue weighted by Gasteiger charge is -2.40. The highest BCUT2D eigenvalue weighted by Gasteiger charge is 2.66. The van der Waals surface area contributed by atoms with Crippen LogP contribution in [0.2, 0.25) is 0 Å². The van der Waals surface area contributed by atoms with Gasteiger partial charge in [0.1, 0.15) is 0 Å². The van der Waals surface area contributed by atoms with Crippen LogP contribution in [0.1, 0.15) is 34.6 Å². The van der Waals surface area contributed by atoms with Gasteiger partial charge >= 0.3 is 11.8 Å². The third-order valence-corrected chi connectivity index (χ3v) is 3.15. The van der Waals surface area contributed by atoms with Crippen LogP contribution in [-0.2, 0) is 0 Å². The average Bonchev–Trinajstić information content (AvgIpc) is 2.15. The van der Waals surface area contributed by atoms with Crippen LogP contribution in [0.3, 0.4) is 0 Å². The molecule has 0 aromatic rings. The van der Waals surface area contributed by atoms with Gasteiger partial charge in [-0.3, -0.25) is 0 Å². The van der Waals surface area contributed by atoms with E-state index in [4.69, 9.17) is 0 Å². The van der Waals surface area contributed by atoms with Crippen LogP contribution in [0.25, 0.3) is 0 Å². The molecule has 0 saturated heterocycles. The van der Waals surface area contributed by atoms with Gasteiger partial charge in [-0.15, -0.1) is 0 Å². The molecule has 0 spiro atoms. The minimum Gasteiger partial charge on any atom is -0.200 e. The monoisotopic (exact) mass is 262 g/mol. The first-order chi connectivity index (χ1) is 7.30. The van der Waals surface area contributed by atoms with Crippen molar-refractivity contribution < 1.29 is 26.3 Å². The molecule has 0 rings (SSSR count). The van der Waals surface area contributed by atoms with E-state index in [1.54, 1.807) is 0 Å². The van der Waals surface area contributed by atoms with E-state index < -0.39 is 34.8 Å². The molecule has 0 N–H and O–H groups in total. The molecular formula is C11H16F6. The van der Waals surface area contributed by atoms with E-state index in [1.807, 2.05) is 0 Å². The zero-order chi connectivity index (χ0) is 14.2. The van der Waals surface area contributed by atoms with Gasteiger partial charge in [-0.2, -0.15) is 26.3 Å². The second-order valence-electron chi connectivity index (χ2n) is 4.86. The summed E-state index contributed by atoms with van der Waals surface area (Å²) in [5.74, 6) is -10.6. The predicted octanol–water partition coefficient (Wildman–Crippen LogP) is 5.11. The lowest BCUT2D eigenvalue weighted by atomic mass is 9.74. The van der Waals surface area contributed by atoms with E-state index in [-0.39, 0.29) is 0 Å². The van der Waals surface area contributed by atoms with Crippen LogP contribution in [0.15, 0.2) is 11.7 Å². The highest BCUT2D eigenvalue weighted by molar-refractivity contribution is 5.17. The molecule has 102 valence electrons. The molecule has 17 heavy (non-hydrogen) atoms. The van der Waals surface area contributed by atoms with Crippen LogP contribution < -0.4 is 0 Å². The van der Waals surface area contributed by atoms with Gasteiger partial charge in [0.15, 0.2) is 0 Å². The van der Waals surface area contributed by atoms with Gasteiger partial charge in [0, 0.05) is 11.5 Å². The topological polar surface area (TPSA) is 0 Å². The molecule has 0 radical (unpaired) electrons. The van der Waals surface area contributed by atoms with Crippen molar-refractivity contribution in [1.29, 1.82) is 0 Å². The Kier molecular flexibility index (Phi) is 4.35. The van der Waals surface area contributed by atoms with Crippen molar-refractivity contribution in [2.24, 2.45) is 11.3 Å². The maximum Gasteiger partial charge on any atom is 0.319 e. The Morgan fingerprint density at radius 2 is 1.29 bits per heavy atom. The summed E-state index contributed by atoms with van der Waals surface area (Å²) in [6, 6.07) is 0. The number of hydrogen-bond acceptors (Lipinski definition) is 0. The van der Waals surface area contributed by atoms with E-state index in [0.29, 0.717) is 13.8 Å². The fraction of sp³-hybridized carbons (Fsp3) is 0.818. The number of allylic oxidation sites excluding steroid dienone is 1. The molecule has 0 aliphatic heterocycles. The molecule has 0 fully saturated rings. The maximum atomic E-state index is 13.7. The lowest BCUT2D eigenvalue weighted by Crippen LogP contribution is -2.54. The SMILES string of the molecule is CC(=C(F)F)C(C)(C)C(F)(F)C(F)(F)C(C)C. The summed E-state index contributed by atoms with van der Waals surface area (Å²) in [5.41, 5.74) is -3.64. The quantitative estimate of drug-likeness (QED) is 0.617. The summed E-state index contributed by atoms with van der Waals surface area (Å²) in [7, 11) is 0. The maximum absolute atomic E-state index is 13.7. The summed E-state index contributed by atoms with van der Waals surface area (Å²) in [6.07, 6.45) is -2.35. The van der Waals surface area contributed by atoms with Gasteiger partial charge in [0.2, 0.25) is 0 Å². The molecule has 0 aliphatic rings. The smallest absolute Gasteiger partial charge is 0.200 e. The van der Waals surface area contributed by atoms with Gasteiger partial charge in [0.05, 0.1) is 5.41 Å².